The van der Waals surface area contributed by atoms with E-state index in [0.29, 0.717) is 0 Å². The lowest BCUT2D eigenvalue weighted by atomic mass is 9.89. The third-order valence-corrected chi connectivity index (χ3v) is 3.27. The van der Waals surface area contributed by atoms with Crippen LogP contribution in [0.15, 0.2) is 30.3 Å². The molecule has 1 aliphatic rings. The van der Waals surface area contributed by atoms with E-state index in [1.807, 2.05) is 23.2 Å². The highest BCUT2D eigenvalue weighted by atomic mass is 15.4. The molecule has 1 saturated carbocycles. The molecule has 0 spiro atoms. The minimum absolute atomic E-state index is 0.795. The molecule has 0 aromatic heterocycles. The summed E-state index contributed by atoms with van der Waals surface area (Å²) in [4.78, 5) is 0. The maximum atomic E-state index is 6.06. The minimum Gasteiger partial charge on any atom is -0.311 e. The molecule has 15 heavy (non-hydrogen) atoms. The molecule has 2 rings (SSSR count). The summed E-state index contributed by atoms with van der Waals surface area (Å²) in [5.74, 6) is 6.85. The van der Waals surface area contributed by atoms with Crippen LogP contribution >= 0.6 is 0 Å². The average Bonchev–Trinajstić information content (AvgIpc) is 2.31. The van der Waals surface area contributed by atoms with Crippen LogP contribution in [0, 0.1) is 5.92 Å². The van der Waals surface area contributed by atoms with Gasteiger partial charge >= 0.3 is 0 Å². The summed E-state index contributed by atoms with van der Waals surface area (Å²) in [5.41, 5.74) is 1.13. The van der Waals surface area contributed by atoms with Crippen molar-refractivity contribution in [2.24, 2.45) is 11.8 Å². The first kappa shape index (κ1) is 10.5. The van der Waals surface area contributed by atoms with Crippen LogP contribution in [0.2, 0.25) is 0 Å². The molecule has 0 atom stereocenters. The van der Waals surface area contributed by atoms with E-state index >= 15 is 0 Å². The fraction of sp³-hybridized carbons (Fsp3) is 0.538. The number of rotatable bonds is 3. The van der Waals surface area contributed by atoms with E-state index < -0.39 is 0 Å². The predicted molar refractivity (Wildman–Crippen MR) is 64.6 cm³/mol. The second-order valence-electron chi connectivity index (χ2n) is 4.49. The van der Waals surface area contributed by atoms with E-state index in [0.717, 1.165) is 18.2 Å². The normalized spacial score (nSPS) is 17.7. The first-order valence-corrected chi connectivity index (χ1v) is 5.93. The maximum absolute atomic E-state index is 6.06. The van der Waals surface area contributed by atoms with E-state index in [1.165, 1.54) is 32.1 Å². The highest BCUT2D eigenvalue weighted by Crippen LogP contribution is 2.25. The fourth-order valence-electron chi connectivity index (χ4n) is 2.37. The fourth-order valence-corrected chi connectivity index (χ4v) is 2.37. The van der Waals surface area contributed by atoms with Crippen LogP contribution in [-0.2, 0) is 0 Å². The molecule has 0 radical (unpaired) electrons. The molecule has 0 bridgehead atoms. The lowest BCUT2D eigenvalue weighted by Gasteiger charge is -2.27. The third-order valence-electron chi connectivity index (χ3n) is 3.27. The zero-order valence-corrected chi connectivity index (χ0v) is 9.23. The van der Waals surface area contributed by atoms with Gasteiger partial charge in [0.15, 0.2) is 0 Å². The Morgan fingerprint density at radius 2 is 1.73 bits per heavy atom. The van der Waals surface area contributed by atoms with Crippen LogP contribution in [0.3, 0.4) is 0 Å². The summed E-state index contributed by atoms with van der Waals surface area (Å²) in [6.07, 6.45) is 6.87. The van der Waals surface area contributed by atoms with Gasteiger partial charge in [0.2, 0.25) is 0 Å². The molecule has 1 aliphatic carbocycles. The van der Waals surface area contributed by atoms with Crippen LogP contribution in [0.5, 0.6) is 0 Å². The van der Waals surface area contributed by atoms with Crippen molar-refractivity contribution in [3.8, 4) is 0 Å². The molecule has 0 aliphatic heterocycles. The molecule has 0 unspecified atom stereocenters. The molecular formula is C13H20N2. The average molecular weight is 204 g/mol. The highest BCUT2D eigenvalue weighted by Gasteiger charge is 2.15. The number of benzene rings is 1. The van der Waals surface area contributed by atoms with Gasteiger partial charge in [-0.1, -0.05) is 37.5 Å². The second kappa shape index (κ2) is 5.17. The van der Waals surface area contributed by atoms with E-state index in [1.54, 1.807) is 0 Å². The minimum atomic E-state index is 0.795. The van der Waals surface area contributed by atoms with Crippen LogP contribution in [0.25, 0.3) is 0 Å². The van der Waals surface area contributed by atoms with Gasteiger partial charge in [0.05, 0.1) is 5.69 Å². The molecule has 1 fully saturated rings. The van der Waals surface area contributed by atoms with Crippen molar-refractivity contribution in [2.75, 3.05) is 11.6 Å². The number of hydrogen-bond acceptors (Lipinski definition) is 2. The van der Waals surface area contributed by atoms with Crippen LogP contribution in [-0.4, -0.2) is 6.54 Å². The molecule has 2 nitrogen and oxygen atoms in total. The van der Waals surface area contributed by atoms with Crippen molar-refractivity contribution >= 4 is 5.69 Å². The van der Waals surface area contributed by atoms with Crippen molar-refractivity contribution in [2.45, 2.75) is 32.1 Å². The molecule has 2 heteroatoms. The molecule has 2 N–H and O–H groups in total. The Morgan fingerprint density at radius 3 is 2.40 bits per heavy atom. The number of nitrogens with zero attached hydrogens (tertiary/aromatic N) is 1. The van der Waals surface area contributed by atoms with Crippen LogP contribution in [0.1, 0.15) is 32.1 Å². The largest absolute Gasteiger partial charge is 0.311 e. The van der Waals surface area contributed by atoms with Crippen molar-refractivity contribution < 1.29 is 0 Å². The van der Waals surface area contributed by atoms with Gasteiger partial charge in [-0.05, 0) is 30.9 Å². The number of hydrazine groups is 1. The molecule has 1 aromatic rings. The Morgan fingerprint density at radius 1 is 1.07 bits per heavy atom. The van der Waals surface area contributed by atoms with E-state index in [9.17, 15) is 0 Å². The highest BCUT2D eigenvalue weighted by molar-refractivity contribution is 5.44. The van der Waals surface area contributed by atoms with Crippen LogP contribution < -0.4 is 10.9 Å². The predicted octanol–water partition coefficient (Wildman–Crippen LogP) is 2.95. The quantitative estimate of drug-likeness (QED) is 0.606. The first-order valence-electron chi connectivity index (χ1n) is 5.93. The van der Waals surface area contributed by atoms with Crippen molar-refractivity contribution in [1.29, 1.82) is 0 Å². The van der Waals surface area contributed by atoms with Crippen molar-refractivity contribution in [3.05, 3.63) is 30.3 Å². The summed E-state index contributed by atoms with van der Waals surface area (Å²) < 4.78 is 0. The van der Waals surface area contributed by atoms with Gasteiger partial charge in [-0.2, -0.15) is 0 Å². The lowest BCUT2D eigenvalue weighted by Crippen LogP contribution is -2.36. The zero-order chi connectivity index (χ0) is 10.5. The lowest BCUT2D eigenvalue weighted by molar-refractivity contribution is 0.359. The summed E-state index contributed by atoms with van der Waals surface area (Å²) in [6, 6.07) is 10.2. The Hall–Kier alpha value is -1.02. The Kier molecular flexibility index (Phi) is 3.62. The van der Waals surface area contributed by atoms with Crippen molar-refractivity contribution in [3.63, 3.8) is 0 Å². The summed E-state index contributed by atoms with van der Waals surface area (Å²) in [5, 5.41) is 1.90. The number of hydrogen-bond donors (Lipinski definition) is 1. The molecule has 82 valence electrons. The Labute approximate surface area is 92.1 Å². The third kappa shape index (κ3) is 2.96. The topological polar surface area (TPSA) is 29.3 Å². The van der Waals surface area contributed by atoms with Gasteiger partial charge in [-0.15, -0.1) is 0 Å². The van der Waals surface area contributed by atoms with Gasteiger partial charge < -0.3 is 5.01 Å². The smallest absolute Gasteiger partial charge is 0.0517 e. The molecular weight excluding hydrogens is 184 g/mol. The maximum Gasteiger partial charge on any atom is 0.0517 e. The van der Waals surface area contributed by atoms with Gasteiger partial charge in [0.25, 0.3) is 0 Å². The summed E-state index contributed by atoms with van der Waals surface area (Å²) in [7, 11) is 0. The molecule has 1 aromatic carbocycles. The monoisotopic (exact) mass is 204 g/mol. The summed E-state index contributed by atoms with van der Waals surface area (Å²) >= 11 is 0. The van der Waals surface area contributed by atoms with E-state index in [2.05, 4.69) is 12.1 Å². The number of nitrogens with two attached hydrogens (primary N) is 1. The zero-order valence-electron chi connectivity index (χ0n) is 9.23. The Bertz CT molecular complexity index is 278. The SMILES string of the molecule is NN(CC1CCCCC1)c1ccccc1. The number of anilines is 1. The van der Waals surface area contributed by atoms with E-state index in [4.69, 9.17) is 5.84 Å². The first-order chi connectivity index (χ1) is 7.36. The molecule has 0 saturated heterocycles. The standard InChI is InChI=1S/C13H20N2/c14-15(13-9-5-2-6-10-13)11-12-7-3-1-4-8-12/h2,5-6,9-10,12H,1,3-4,7-8,11,14H2. The second-order valence-corrected chi connectivity index (χ2v) is 4.49. The van der Waals surface area contributed by atoms with Gasteiger partial charge in [0.1, 0.15) is 0 Å². The van der Waals surface area contributed by atoms with Gasteiger partial charge in [-0.3, -0.25) is 0 Å². The molecule has 0 amide bonds. The number of para-hydroxylation sites is 1. The molecule has 0 heterocycles. The summed E-state index contributed by atoms with van der Waals surface area (Å²) in [6.45, 7) is 1.00. The van der Waals surface area contributed by atoms with Crippen LogP contribution in [0.4, 0.5) is 5.69 Å². The Balaban J connectivity index is 1.88. The van der Waals surface area contributed by atoms with Crippen molar-refractivity contribution in [1.82, 2.24) is 0 Å². The van der Waals surface area contributed by atoms with E-state index in [-0.39, 0.29) is 0 Å². The van der Waals surface area contributed by atoms with Gasteiger partial charge in [0, 0.05) is 6.54 Å². The van der Waals surface area contributed by atoms with Gasteiger partial charge in [-0.25, -0.2) is 5.84 Å².